The molecule has 2 atom stereocenters. The van der Waals surface area contributed by atoms with E-state index in [1.807, 2.05) is 4.90 Å². The van der Waals surface area contributed by atoms with Crippen molar-refractivity contribution in [3.8, 4) is 0 Å². The molecule has 0 amide bonds. The van der Waals surface area contributed by atoms with E-state index in [2.05, 4.69) is 20.8 Å². The van der Waals surface area contributed by atoms with Crippen LogP contribution in [0.25, 0.3) is 0 Å². The molecule has 0 aromatic heterocycles. The zero-order chi connectivity index (χ0) is 14.9. The molecule has 1 heterocycles. The molecule has 2 N–H and O–H groups in total. The molecule has 20 heavy (non-hydrogen) atoms. The summed E-state index contributed by atoms with van der Waals surface area (Å²) in [6, 6.07) is 4.34. The second-order valence-electron chi connectivity index (χ2n) is 7.10. The van der Waals surface area contributed by atoms with Gasteiger partial charge in [0.1, 0.15) is 0 Å². The van der Waals surface area contributed by atoms with Crippen molar-refractivity contribution < 1.29 is 8.78 Å². The van der Waals surface area contributed by atoms with Crippen LogP contribution in [-0.4, -0.2) is 19.1 Å². The number of piperidine rings is 1. The Kier molecular flexibility index (Phi) is 4.33. The van der Waals surface area contributed by atoms with Gasteiger partial charge in [-0.05, 0) is 36.3 Å². The van der Waals surface area contributed by atoms with Crippen LogP contribution in [0.5, 0.6) is 0 Å². The molecule has 0 aliphatic carbocycles. The molecule has 2 nitrogen and oxygen atoms in total. The third kappa shape index (κ3) is 3.69. The van der Waals surface area contributed by atoms with E-state index in [4.69, 9.17) is 5.73 Å². The lowest BCUT2D eigenvalue weighted by atomic mass is 9.80. The highest BCUT2D eigenvalue weighted by molar-refractivity contribution is 5.48. The van der Waals surface area contributed by atoms with Crippen molar-refractivity contribution >= 4 is 5.69 Å². The fourth-order valence-corrected chi connectivity index (χ4v) is 3.19. The fraction of sp³-hybridized carbons (Fsp3) is 0.625. The van der Waals surface area contributed by atoms with Gasteiger partial charge in [0.05, 0.1) is 5.69 Å². The standard InChI is InChI=1S/C16H24F2N2/c1-16(2,3)8-11-7-12(19)10-20(9-11)14-6-4-5-13(17)15(14)18/h4-6,11-12H,7-10,19H2,1-3H3. The zero-order valence-electron chi connectivity index (χ0n) is 12.5. The summed E-state index contributed by atoms with van der Waals surface area (Å²) in [6.45, 7) is 7.91. The van der Waals surface area contributed by atoms with Crippen LogP contribution in [0.4, 0.5) is 14.5 Å². The van der Waals surface area contributed by atoms with Crippen molar-refractivity contribution in [2.75, 3.05) is 18.0 Å². The normalized spacial score (nSPS) is 24.0. The van der Waals surface area contributed by atoms with Gasteiger partial charge < -0.3 is 10.6 Å². The highest BCUT2D eigenvalue weighted by atomic mass is 19.2. The SMILES string of the molecule is CC(C)(C)CC1CC(N)CN(c2cccc(F)c2F)C1. The predicted molar refractivity (Wildman–Crippen MR) is 78.7 cm³/mol. The van der Waals surface area contributed by atoms with Gasteiger partial charge in [-0.15, -0.1) is 0 Å². The molecule has 1 fully saturated rings. The smallest absolute Gasteiger partial charge is 0.182 e. The predicted octanol–water partition coefficient (Wildman–Crippen LogP) is 3.55. The first-order chi connectivity index (χ1) is 9.26. The quantitative estimate of drug-likeness (QED) is 0.898. The van der Waals surface area contributed by atoms with Crippen LogP contribution in [0.15, 0.2) is 18.2 Å². The molecule has 2 rings (SSSR count). The second kappa shape index (κ2) is 5.68. The Morgan fingerprint density at radius 3 is 2.60 bits per heavy atom. The largest absolute Gasteiger partial charge is 0.367 e. The maximum absolute atomic E-state index is 13.9. The van der Waals surface area contributed by atoms with Crippen molar-refractivity contribution in [2.45, 2.75) is 39.7 Å². The number of hydrogen-bond donors (Lipinski definition) is 1. The summed E-state index contributed by atoms with van der Waals surface area (Å²) in [5, 5.41) is 0. The van der Waals surface area contributed by atoms with Crippen molar-refractivity contribution in [3.63, 3.8) is 0 Å². The van der Waals surface area contributed by atoms with Crippen LogP contribution in [0.3, 0.4) is 0 Å². The van der Waals surface area contributed by atoms with E-state index in [1.54, 1.807) is 12.1 Å². The minimum absolute atomic E-state index is 0.0127. The molecule has 4 heteroatoms. The number of hydrogen-bond acceptors (Lipinski definition) is 2. The molecule has 0 saturated carbocycles. The Bertz CT molecular complexity index is 468. The summed E-state index contributed by atoms with van der Waals surface area (Å²) in [5.74, 6) is -1.15. The summed E-state index contributed by atoms with van der Waals surface area (Å²) in [4.78, 5) is 1.89. The molecule has 0 radical (unpaired) electrons. The maximum atomic E-state index is 13.9. The minimum atomic E-state index is -0.797. The van der Waals surface area contributed by atoms with Crippen molar-refractivity contribution in [1.82, 2.24) is 0 Å². The molecule has 2 unspecified atom stereocenters. The van der Waals surface area contributed by atoms with Crippen LogP contribution in [0.1, 0.15) is 33.6 Å². The monoisotopic (exact) mass is 282 g/mol. The van der Waals surface area contributed by atoms with Crippen molar-refractivity contribution in [1.29, 1.82) is 0 Å². The summed E-state index contributed by atoms with van der Waals surface area (Å²) in [7, 11) is 0. The van der Waals surface area contributed by atoms with Gasteiger partial charge in [-0.1, -0.05) is 26.8 Å². The van der Waals surface area contributed by atoms with E-state index in [0.29, 0.717) is 18.2 Å². The Hall–Kier alpha value is -1.16. The molecular formula is C16H24F2N2. The topological polar surface area (TPSA) is 29.3 Å². The molecule has 112 valence electrons. The summed E-state index contributed by atoms with van der Waals surface area (Å²) in [5.41, 5.74) is 6.65. The lowest BCUT2D eigenvalue weighted by molar-refractivity contribution is 0.252. The van der Waals surface area contributed by atoms with Crippen LogP contribution in [-0.2, 0) is 0 Å². The van der Waals surface area contributed by atoms with Gasteiger partial charge >= 0.3 is 0 Å². The van der Waals surface area contributed by atoms with Gasteiger partial charge in [0.15, 0.2) is 11.6 Å². The van der Waals surface area contributed by atoms with E-state index in [-0.39, 0.29) is 11.5 Å². The minimum Gasteiger partial charge on any atom is -0.367 e. The Morgan fingerprint density at radius 2 is 1.95 bits per heavy atom. The first-order valence-corrected chi connectivity index (χ1v) is 7.21. The summed E-state index contributed by atoms with van der Waals surface area (Å²) < 4.78 is 27.3. The number of benzene rings is 1. The molecule has 1 aliphatic rings. The van der Waals surface area contributed by atoms with Crippen LogP contribution >= 0.6 is 0 Å². The van der Waals surface area contributed by atoms with Crippen molar-refractivity contribution in [2.24, 2.45) is 17.1 Å². The molecular weight excluding hydrogens is 258 g/mol. The van der Waals surface area contributed by atoms with E-state index in [0.717, 1.165) is 25.5 Å². The zero-order valence-corrected chi connectivity index (χ0v) is 12.5. The highest BCUT2D eigenvalue weighted by Gasteiger charge is 2.29. The Morgan fingerprint density at radius 1 is 1.25 bits per heavy atom. The third-order valence-electron chi connectivity index (χ3n) is 3.74. The van der Waals surface area contributed by atoms with E-state index >= 15 is 0 Å². The van der Waals surface area contributed by atoms with E-state index < -0.39 is 11.6 Å². The first-order valence-electron chi connectivity index (χ1n) is 7.21. The lowest BCUT2D eigenvalue weighted by Gasteiger charge is -2.40. The van der Waals surface area contributed by atoms with Crippen molar-refractivity contribution in [3.05, 3.63) is 29.8 Å². The maximum Gasteiger partial charge on any atom is 0.182 e. The van der Waals surface area contributed by atoms with E-state index in [1.165, 1.54) is 0 Å². The first kappa shape index (κ1) is 15.2. The number of anilines is 1. The molecule has 1 aliphatic heterocycles. The van der Waals surface area contributed by atoms with Gasteiger partial charge in [0.2, 0.25) is 0 Å². The van der Waals surface area contributed by atoms with Crippen LogP contribution < -0.4 is 10.6 Å². The highest BCUT2D eigenvalue weighted by Crippen LogP contribution is 2.32. The number of nitrogens with zero attached hydrogens (tertiary/aromatic N) is 1. The van der Waals surface area contributed by atoms with Gasteiger partial charge in [-0.3, -0.25) is 0 Å². The average Bonchev–Trinajstić information content (AvgIpc) is 2.29. The van der Waals surface area contributed by atoms with Crippen LogP contribution in [0.2, 0.25) is 0 Å². The van der Waals surface area contributed by atoms with Gasteiger partial charge in [-0.25, -0.2) is 8.78 Å². The van der Waals surface area contributed by atoms with Crippen LogP contribution in [0, 0.1) is 23.0 Å². The Balaban J connectivity index is 2.17. The molecule has 0 spiro atoms. The summed E-state index contributed by atoms with van der Waals surface area (Å²) in [6.07, 6.45) is 1.98. The molecule has 1 aromatic carbocycles. The number of nitrogens with two attached hydrogens (primary N) is 1. The third-order valence-corrected chi connectivity index (χ3v) is 3.74. The summed E-state index contributed by atoms with van der Waals surface area (Å²) >= 11 is 0. The van der Waals surface area contributed by atoms with Gasteiger partial charge in [0, 0.05) is 19.1 Å². The molecule has 0 bridgehead atoms. The molecule has 1 aromatic rings. The fourth-order valence-electron chi connectivity index (χ4n) is 3.19. The second-order valence-corrected chi connectivity index (χ2v) is 7.10. The van der Waals surface area contributed by atoms with Gasteiger partial charge in [-0.2, -0.15) is 0 Å². The number of halogens is 2. The van der Waals surface area contributed by atoms with Gasteiger partial charge in [0.25, 0.3) is 0 Å². The lowest BCUT2D eigenvalue weighted by Crippen LogP contribution is -2.48. The number of rotatable bonds is 2. The Labute approximate surface area is 120 Å². The van der Waals surface area contributed by atoms with E-state index in [9.17, 15) is 8.78 Å². The molecule has 1 saturated heterocycles. The average molecular weight is 282 g/mol.